The molecule has 0 N–H and O–H groups in total. The molecule has 23 heavy (non-hydrogen) atoms. The molecule has 0 saturated carbocycles. The van der Waals surface area contributed by atoms with E-state index in [-0.39, 0.29) is 12.2 Å². The first-order valence-corrected chi connectivity index (χ1v) is 10.9. The van der Waals surface area contributed by atoms with Gasteiger partial charge in [-0.2, -0.15) is 0 Å². The second kappa shape index (κ2) is 8.89. The predicted octanol–water partition coefficient (Wildman–Crippen LogP) is 2.74. The summed E-state index contributed by atoms with van der Waals surface area (Å²) in [5.74, 6) is -0.771. The van der Waals surface area contributed by atoms with Crippen LogP contribution in [0.25, 0.3) is 0 Å². The molecule has 2 fully saturated rings. The molecule has 6 nitrogen and oxygen atoms in total. The van der Waals surface area contributed by atoms with Crippen molar-refractivity contribution in [1.29, 1.82) is 0 Å². The van der Waals surface area contributed by atoms with E-state index in [0.717, 1.165) is 31.9 Å². The molecule has 2 aliphatic rings. The molecule has 0 bridgehead atoms. The summed E-state index contributed by atoms with van der Waals surface area (Å²) in [5.41, 5.74) is 0. The Hall–Kier alpha value is -0.0231. The topological polar surface area (TPSA) is 58.7 Å². The minimum Gasteiger partial charge on any atom is -0.374 e. The molecule has 3 unspecified atom stereocenters. The maximum atomic E-state index is 6.50. The lowest BCUT2D eigenvalue weighted by Crippen LogP contribution is -2.62. The van der Waals surface area contributed by atoms with Crippen LogP contribution in [0.2, 0.25) is 6.04 Å². The maximum absolute atomic E-state index is 6.50. The molecule has 0 amide bonds. The summed E-state index contributed by atoms with van der Waals surface area (Å²) in [7, 11) is -2.71. The van der Waals surface area contributed by atoms with Crippen LogP contribution in [0.5, 0.6) is 0 Å². The minimum atomic E-state index is -2.71. The molecule has 0 radical (unpaired) electrons. The van der Waals surface area contributed by atoms with Gasteiger partial charge < -0.3 is 27.5 Å². The number of rotatable bonds is 11. The quantitative estimate of drug-likeness (QED) is 0.423. The van der Waals surface area contributed by atoms with Gasteiger partial charge in [0.15, 0.2) is 5.79 Å². The fourth-order valence-electron chi connectivity index (χ4n) is 3.21. The lowest BCUT2D eigenvalue weighted by Gasteiger charge is -2.47. The predicted molar refractivity (Wildman–Crippen MR) is 88.3 cm³/mol. The van der Waals surface area contributed by atoms with Crippen LogP contribution in [-0.2, 0) is 27.5 Å². The van der Waals surface area contributed by atoms with Gasteiger partial charge in [0.2, 0.25) is 0 Å². The normalized spacial score (nSPS) is 31.0. The number of hydrogen-bond donors (Lipinski definition) is 0. The number of ether oxygens (including phenoxy) is 3. The molecule has 2 aliphatic heterocycles. The SMILES string of the molecule is CCOC1(C(CC)OCC2CO2)CCC[Si](OCC)(OCC)O1. The van der Waals surface area contributed by atoms with Crippen molar-refractivity contribution in [1.82, 2.24) is 0 Å². The molecule has 2 saturated heterocycles. The van der Waals surface area contributed by atoms with Gasteiger partial charge in [-0.25, -0.2) is 0 Å². The summed E-state index contributed by atoms with van der Waals surface area (Å²) in [6.07, 6.45) is 2.67. The Morgan fingerprint density at radius 3 is 2.35 bits per heavy atom. The van der Waals surface area contributed by atoms with E-state index in [1.165, 1.54) is 0 Å². The molecule has 0 aliphatic carbocycles. The van der Waals surface area contributed by atoms with E-state index in [4.69, 9.17) is 27.5 Å². The molecule has 7 heteroatoms. The van der Waals surface area contributed by atoms with Crippen molar-refractivity contribution in [2.75, 3.05) is 33.0 Å². The Morgan fingerprint density at radius 2 is 1.83 bits per heavy atom. The standard InChI is InChI=1S/C16H32O6Si/c1-5-15(18-13-14-12-17-14)16(19-6-2)10-9-11-23(22-16,20-7-3)21-8-4/h14-15H,5-13H2,1-4H3. The highest BCUT2D eigenvalue weighted by Gasteiger charge is 2.56. The van der Waals surface area contributed by atoms with Crippen LogP contribution in [0.4, 0.5) is 0 Å². The van der Waals surface area contributed by atoms with E-state index in [9.17, 15) is 0 Å². The monoisotopic (exact) mass is 348 g/mol. The molecule has 0 aromatic heterocycles. The van der Waals surface area contributed by atoms with Crippen LogP contribution in [0.3, 0.4) is 0 Å². The Morgan fingerprint density at radius 1 is 1.13 bits per heavy atom. The summed E-state index contributed by atoms with van der Waals surface area (Å²) >= 11 is 0. The Labute approximate surface area is 141 Å². The lowest BCUT2D eigenvalue weighted by atomic mass is 10.0. The van der Waals surface area contributed by atoms with Crippen molar-refractivity contribution in [3.8, 4) is 0 Å². The third-order valence-electron chi connectivity index (χ3n) is 4.20. The van der Waals surface area contributed by atoms with Crippen molar-refractivity contribution in [3.63, 3.8) is 0 Å². The average molecular weight is 349 g/mol. The Kier molecular flexibility index (Phi) is 7.46. The minimum absolute atomic E-state index is 0.139. The van der Waals surface area contributed by atoms with E-state index >= 15 is 0 Å². The zero-order valence-electron chi connectivity index (χ0n) is 15.0. The summed E-state index contributed by atoms with van der Waals surface area (Å²) in [5, 5.41) is 0. The van der Waals surface area contributed by atoms with Crippen LogP contribution in [0.1, 0.15) is 47.0 Å². The zero-order valence-corrected chi connectivity index (χ0v) is 16.0. The largest absolute Gasteiger partial charge is 0.503 e. The molecular formula is C16H32O6Si. The van der Waals surface area contributed by atoms with E-state index < -0.39 is 14.6 Å². The highest BCUT2D eigenvalue weighted by molar-refractivity contribution is 6.61. The van der Waals surface area contributed by atoms with Crippen LogP contribution < -0.4 is 0 Å². The molecule has 2 rings (SSSR count). The fourth-order valence-corrected chi connectivity index (χ4v) is 6.11. The lowest BCUT2D eigenvalue weighted by molar-refractivity contribution is -0.279. The highest BCUT2D eigenvalue weighted by atomic mass is 28.4. The zero-order chi connectivity index (χ0) is 16.8. The van der Waals surface area contributed by atoms with Crippen LogP contribution in [0.15, 0.2) is 0 Å². The maximum Gasteiger partial charge on any atom is 0.503 e. The van der Waals surface area contributed by atoms with Crippen molar-refractivity contribution in [2.24, 2.45) is 0 Å². The van der Waals surface area contributed by atoms with Crippen LogP contribution >= 0.6 is 0 Å². The van der Waals surface area contributed by atoms with Gasteiger partial charge in [-0.05, 0) is 33.6 Å². The number of epoxide rings is 1. The van der Waals surface area contributed by atoms with E-state index in [2.05, 4.69) is 6.92 Å². The second-order valence-electron chi connectivity index (χ2n) is 5.94. The van der Waals surface area contributed by atoms with Crippen molar-refractivity contribution in [3.05, 3.63) is 0 Å². The Bertz CT molecular complexity index is 336. The molecule has 0 aromatic carbocycles. The van der Waals surface area contributed by atoms with E-state index in [0.29, 0.717) is 26.4 Å². The third-order valence-corrected chi connectivity index (χ3v) is 7.28. The molecule has 136 valence electrons. The first kappa shape index (κ1) is 19.3. The van der Waals surface area contributed by atoms with Gasteiger partial charge in [0.1, 0.15) is 12.2 Å². The second-order valence-corrected chi connectivity index (χ2v) is 8.58. The summed E-state index contributed by atoms with van der Waals surface area (Å²) in [6.45, 7) is 11.2. The molecule has 2 heterocycles. The van der Waals surface area contributed by atoms with Crippen molar-refractivity contribution >= 4 is 8.80 Å². The third kappa shape index (κ3) is 4.98. The molecule has 0 spiro atoms. The molecular weight excluding hydrogens is 316 g/mol. The Balaban J connectivity index is 2.14. The van der Waals surface area contributed by atoms with E-state index in [1.54, 1.807) is 0 Å². The van der Waals surface area contributed by atoms with Gasteiger partial charge >= 0.3 is 8.80 Å². The van der Waals surface area contributed by atoms with Gasteiger partial charge in [-0.3, -0.25) is 0 Å². The van der Waals surface area contributed by atoms with Crippen LogP contribution in [0, 0.1) is 0 Å². The van der Waals surface area contributed by atoms with Crippen molar-refractivity contribution in [2.45, 2.75) is 71.0 Å². The molecule has 3 atom stereocenters. The summed E-state index contributed by atoms with van der Waals surface area (Å²) in [6, 6.07) is 0.839. The van der Waals surface area contributed by atoms with Gasteiger partial charge in [0.25, 0.3) is 0 Å². The van der Waals surface area contributed by atoms with Crippen molar-refractivity contribution < 1.29 is 27.5 Å². The number of hydrogen-bond acceptors (Lipinski definition) is 6. The summed E-state index contributed by atoms with van der Waals surface area (Å²) < 4.78 is 35.9. The van der Waals surface area contributed by atoms with Gasteiger partial charge in [-0.1, -0.05) is 6.92 Å². The van der Waals surface area contributed by atoms with E-state index in [1.807, 2.05) is 20.8 Å². The fraction of sp³-hybridized carbons (Fsp3) is 1.00. The average Bonchev–Trinajstić information content (AvgIpc) is 3.33. The molecule has 0 aromatic rings. The van der Waals surface area contributed by atoms with Crippen LogP contribution in [-0.4, -0.2) is 59.8 Å². The first-order chi connectivity index (χ1) is 11.1. The smallest absolute Gasteiger partial charge is 0.374 e. The highest BCUT2D eigenvalue weighted by Crippen LogP contribution is 2.40. The van der Waals surface area contributed by atoms with Gasteiger partial charge in [-0.15, -0.1) is 0 Å². The van der Waals surface area contributed by atoms with Gasteiger partial charge in [0, 0.05) is 32.3 Å². The first-order valence-electron chi connectivity index (χ1n) is 8.98. The summed E-state index contributed by atoms with van der Waals surface area (Å²) in [4.78, 5) is 0. The van der Waals surface area contributed by atoms with Gasteiger partial charge in [0.05, 0.1) is 13.2 Å².